The molecule has 1 aromatic carbocycles. The summed E-state index contributed by atoms with van der Waals surface area (Å²) in [5.41, 5.74) is 0.560. The molecule has 198 valence electrons. The first-order chi connectivity index (χ1) is 17.6. The molecule has 2 aromatic rings. The number of hydrogen-bond acceptors (Lipinski definition) is 9. The molecule has 2 aliphatic rings. The predicted molar refractivity (Wildman–Crippen MR) is 147 cm³/mol. The SMILES string of the molecule is CCC(Nc1nc(NCC2CCCCC2)nc(Nc2ccc(OCCSC)c(F)c2)n1)C1CCCN1. The topological polar surface area (TPSA) is 96.0 Å². The maximum absolute atomic E-state index is 14.6. The summed E-state index contributed by atoms with van der Waals surface area (Å²) in [5, 5.41) is 13.7. The van der Waals surface area contributed by atoms with Gasteiger partial charge in [-0.15, -0.1) is 0 Å². The van der Waals surface area contributed by atoms with Gasteiger partial charge in [0.1, 0.15) is 0 Å². The van der Waals surface area contributed by atoms with Crippen LogP contribution in [0.4, 0.5) is 27.9 Å². The van der Waals surface area contributed by atoms with Crippen LogP contribution in [0.25, 0.3) is 0 Å². The van der Waals surface area contributed by atoms with Gasteiger partial charge in [0.2, 0.25) is 17.8 Å². The molecule has 1 aliphatic heterocycles. The van der Waals surface area contributed by atoms with E-state index in [9.17, 15) is 4.39 Å². The number of ether oxygens (including phenoxy) is 1. The van der Waals surface area contributed by atoms with Crippen molar-refractivity contribution >= 4 is 35.3 Å². The van der Waals surface area contributed by atoms with Crippen molar-refractivity contribution in [3.05, 3.63) is 24.0 Å². The van der Waals surface area contributed by atoms with Crippen LogP contribution in [0.15, 0.2) is 18.2 Å². The van der Waals surface area contributed by atoms with Gasteiger partial charge >= 0.3 is 0 Å². The standard InChI is InChI=1S/C26H40FN7OS/c1-3-21(22-10-7-13-28-22)31-26-33-24(29-17-18-8-5-4-6-9-18)32-25(34-26)30-19-11-12-23(20(27)16-19)35-14-15-36-2/h11-12,16,18,21-22,28H,3-10,13-15,17H2,1-2H3,(H3,29,30,31,32,33,34). The van der Waals surface area contributed by atoms with Crippen molar-refractivity contribution in [2.75, 3.05) is 47.7 Å². The van der Waals surface area contributed by atoms with E-state index in [0.29, 0.717) is 42.1 Å². The molecular weight excluding hydrogens is 477 g/mol. The molecule has 36 heavy (non-hydrogen) atoms. The van der Waals surface area contributed by atoms with Gasteiger partial charge in [-0.1, -0.05) is 26.2 Å². The Morgan fingerprint density at radius 2 is 1.89 bits per heavy atom. The van der Waals surface area contributed by atoms with Crippen molar-refractivity contribution in [3.63, 3.8) is 0 Å². The molecule has 1 aromatic heterocycles. The van der Waals surface area contributed by atoms with E-state index in [1.807, 2.05) is 6.26 Å². The molecule has 4 rings (SSSR count). The molecular formula is C26H40FN7OS. The fourth-order valence-corrected chi connectivity index (χ4v) is 5.22. The fourth-order valence-electron chi connectivity index (χ4n) is 4.97. The van der Waals surface area contributed by atoms with Crippen LogP contribution in [0.5, 0.6) is 5.75 Å². The highest BCUT2D eigenvalue weighted by Gasteiger charge is 2.24. The van der Waals surface area contributed by atoms with Gasteiger partial charge in [-0.25, -0.2) is 4.39 Å². The Morgan fingerprint density at radius 3 is 2.61 bits per heavy atom. The van der Waals surface area contributed by atoms with E-state index in [4.69, 9.17) is 4.74 Å². The normalized spacial score (nSPS) is 19.1. The molecule has 4 N–H and O–H groups in total. The third kappa shape index (κ3) is 7.83. The lowest BCUT2D eigenvalue weighted by Gasteiger charge is -2.24. The van der Waals surface area contributed by atoms with Crippen LogP contribution in [0.2, 0.25) is 0 Å². The first-order valence-electron chi connectivity index (χ1n) is 13.3. The number of halogens is 1. The summed E-state index contributed by atoms with van der Waals surface area (Å²) >= 11 is 1.66. The van der Waals surface area contributed by atoms with Crippen LogP contribution in [0.1, 0.15) is 58.3 Å². The zero-order valence-electron chi connectivity index (χ0n) is 21.5. The predicted octanol–water partition coefficient (Wildman–Crippen LogP) is 5.43. The van der Waals surface area contributed by atoms with Gasteiger partial charge in [0.05, 0.1) is 6.61 Å². The molecule has 8 nitrogen and oxygen atoms in total. The summed E-state index contributed by atoms with van der Waals surface area (Å²) in [5.74, 6) is 2.72. The highest BCUT2D eigenvalue weighted by atomic mass is 32.2. The van der Waals surface area contributed by atoms with Crippen LogP contribution in [0, 0.1) is 11.7 Å². The van der Waals surface area contributed by atoms with Crippen LogP contribution >= 0.6 is 11.8 Å². The average molecular weight is 518 g/mol. The van der Waals surface area contributed by atoms with E-state index < -0.39 is 5.82 Å². The van der Waals surface area contributed by atoms with Crippen molar-refractivity contribution in [2.24, 2.45) is 5.92 Å². The van der Waals surface area contributed by atoms with E-state index >= 15 is 0 Å². The Hall–Kier alpha value is -2.33. The number of hydrogen-bond donors (Lipinski definition) is 4. The van der Waals surface area contributed by atoms with E-state index in [1.54, 1.807) is 23.9 Å². The summed E-state index contributed by atoms with van der Waals surface area (Å²) < 4.78 is 20.1. The first-order valence-corrected chi connectivity index (χ1v) is 14.7. The average Bonchev–Trinajstić information content (AvgIpc) is 3.43. The highest BCUT2D eigenvalue weighted by Crippen LogP contribution is 2.26. The summed E-state index contributed by atoms with van der Waals surface area (Å²) in [4.78, 5) is 13.9. The Labute approximate surface area is 218 Å². The number of thioether (sulfide) groups is 1. The molecule has 2 atom stereocenters. The number of nitrogens with zero attached hydrogens (tertiary/aromatic N) is 3. The van der Waals surface area contributed by atoms with Crippen LogP contribution < -0.4 is 26.0 Å². The Morgan fingerprint density at radius 1 is 1.08 bits per heavy atom. The molecule has 0 spiro atoms. The minimum absolute atomic E-state index is 0.226. The lowest BCUT2D eigenvalue weighted by atomic mass is 9.89. The summed E-state index contributed by atoms with van der Waals surface area (Å²) in [6, 6.07) is 5.46. The molecule has 0 radical (unpaired) electrons. The largest absolute Gasteiger partial charge is 0.490 e. The molecule has 2 heterocycles. The minimum Gasteiger partial charge on any atom is -0.490 e. The monoisotopic (exact) mass is 517 g/mol. The molecule has 1 saturated heterocycles. The molecule has 2 unspecified atom stereocenters. The van der Waals surface area contributed by atoms with Crippen molar-refractivity contribution in [1.82, 2.24) is 20.3 Å². The lowest BCUT2D eigenvalue weighted by Crippen LogP contribution is -2.40. The second kappa shape index (κ2) is 13.8. The van der Waals surface area contributed by atoms with Gasteiger partial charge in [0, 0.05) is 36.1 Å². The Kier molecular flexibility index (Phi) is 10.3. The minimum atomic E-state index is -0.414. The third-order valence-electron chi connectivity index (χ3n) is 6.98. The van der Waals surface area contributed by atoms with Gasteiger partial charge in [0.25, 0.3) is 0 Å². The summed E-state index contributed by atoms with van der Waals surface area (Å²) in [6.07, 6.45) is 11.7. The number of nitrogens with one attached hydrogen (secondary N) is 4. The second-order valence-electron chi connectivity index (χ2n) is 9.66. The van der Waals surface area contributed by atoms with Crippen molar-refractivity contribution in [1.29, 1.82) is 0 Å². The number of anilines is 4. The smallest absolute Gasteiger partial charge is 0.233 e. The number of benzene rings is 1. The van der Waals surface area contributed by atoms with Gasteiger partial charge < -0.3 is 26.0 Å². The number of rotatable bonds is 13. The highest BCUT2D eigenvalue weighted by molar-refractivity contribution is 7.98. The van der Waals surface area contributed by atoms with Crippen LogP contribution in [-0.4, -0.2) is 58.7 Å². The van der Waals surface area contributed by atoms with Crippen molar-refractivity contribution in [3.8, 4) is 5.75 Å². The van der Waals surface area contributed by atoms with Gasteiger partial charge in [-0.2, -0.15) is 26.7 Å². The molecule has 2 fully saturated rings. The molecule has 1 aliphatic carbocycles. The Balaban J connectivity index is 1.49. The molecule has 0 amide bonds. The molecule has 0 bridgehead atoms. The van der Waals surface area contributed by atoms with Gasteiger partial charge in [-0.3, -0.25) is 0 Å². The maximum Gasteiger partial charge on any atom is 0.233 e. The van der Waals surface area contributed by atoms with Crippen LogP contribution in [0.3, 0.4) is 0 Å². The molecule has 1 saturated carbocycles. The van der Waals surface area contributed by atoms with Crippen molar-refractivity contribution < 1.29 is 9.13 Å². The van der Waals surface area contributed by atoms with Gasteiger partial charge in [0.15, 0.2) is 11.6 Å². The third-order valence-corrected chi connectivity index (χ3v) is 7.56. The molecule has 10 heteroatoms. The quantitative estimate of drug-likeness (QED) is 0.259. The first kappa shape index (κ1) is 26.7. The van der Waals surface area contributed by atoms with E-state index in [0.717, 1.165) is 31.7 Å². The lowest BCUT2D eigenvalue weighted by molar-refractivity contribution is 0.325. The summed E-state index contributed by atoms with van der Waals surface area (Å²) in [6.45, 7) is 4.54. The Bertz CT molecular complexity index is 954. The second-order valence-corrected chi connectivity index (χ2v) is 10.7. The number of aromatic nitrogens is 3. The van der Waals surface area contributed by atoms with Crippen molar-refractivity contribution in [2.45, 2.75) is 70.4 Å². The summed E-state index contributed by atoms with van der Waals surface area (Å²) in [7, 11) is 0. The maximum atomic E-state index is 14.6. The zero-order valence-corrected chi connectivity index (χ0v) is 22.3. The fraction of sp³-hybridized carbons (Fsp3) is 0.654. The zero-order chi connectivity index (χ0) is 25.2. The van der Waals surface area contributed by atoms with Gasteiger partial charge in [-0.05, 0) is 63.0 Å². The van der Waals surface area contributed by atoms with E-state index in [1.165, 1.54) is 44.6 Å². The van der Waals surface area contributed by atoms with Crippen LogP contribution in [-0.2, 0) is 0 Å². The van der Waals surface area contributed by atoms with E-state index in [-0.39, 0.29) is 11.8 Å². The van der Waals surface area contributed by atoms with E-state index in [2.05, 4.69) is 43.1 Å².